The summed E-state index contributed by atoms with van der Waals surface area (Å²) >= 11 is 0. The largest absolute Gasteiger partial charge is 0.390 e. The molecule has 0 saturated heterocycles. The van der Waals surface area contributed by atoms with Gasteiger partial charge in [0.05, 0.1) is 29.2 Å². The summed E-state index contributed by atoms with van der Waals surface area (Å²) in [5, 5.41) is 15.9. The van der Waals surface area contributed by atoms with Gasteiger partial charge in [-0.05, 0) is 55.8 Å². The number of amides is 1. The zero-order valence-electron chi connectivity index (χ0n) is 21.4. The number of carbonyl (C=O) groups excluding carboxylic acids is 1. The third-order valence-electron chi connectivity index (χ3n) is 5.90. The van der Waals surface area contributed by atoms with E-state index < -0.39 is 56.6 Å². The standard InChI is InChI=1S/C25H43F2N3O4S/c1-5-7-21(8-6-2)35(33,34)16-22(28)25(32)30-23(24(31)15-29-10-9-17(3)4)13-18-11-19(26)14-20(27)12-18/h11-12,14,17,21-24,29,31H,5-10,13,15-16,28H2,1-4H3,(H,30,32)/t22-,23+,24-/m1/s1. The number of halogens is 2. The molecule has 0 saturated carbocycles. The molecule has 0 aliphatic heterocycles. The van der Waals surface area contributed by atoms with Crippen LogP contribution in [0.15, 0.2) is 18.2 Å². The van der Waals surface area contributed by atoms with Gasteiger partial charge in [-0.25, -0.2) is 17.2 Å². The van der Waals surface area contributed by atoms with Crippen molar-refractivity contribution in [1.29, 1.82) is 0 Å². The number of aliphatic hydroxyl groups excluding tert-OH is 1. The van der Waals surface area contributed by atoms with E-state index in [0.29, 0.717) is 38.1 Å². The maximum absolute atomic E-state index is 13.7. The lowest BCUT2D eigenvalue weighted by molar-refractivity contribution is -0.123. The molecule has 1 aromatic rings. The van der Waals surface area contributed by atoms with Crippen molar-refractivity contribution in [3.05, 3.63) is 35.4 Å². The number of sulfone groups is 1. The van der Waals surface area contributed by atoms with Gasteiger partial charge in [-0.1, -0.05) is 40.5 Å². The molecule has 0 radical (unpaired) electrons. The van der Waals surface area contributed by atoms with Gasteiger partial charge >= 0.3 is 0 Å². The number of nitrogens with one attached hydrogen (secondary N) is 2. The van der Waals surface area contributed by atoms with E-state index in [1.807, 2.05) is 13.8 Å². The lowest BCUT2D eigenvalue weighted by Gasteiger charge is -2.27. The maximum atomic E-state index is 13.7. The highest BCUT2D eigenvalue weighted by Crippen LogP contribution is 2.17. The smallest absolute Gasteiger partial charge is 0.238 e. The van der Waals surface area contributed by atoms with E-state index in [0.717, 1.165) is 24.6 Å². The molecule has 0 aliphatic rings. The molecular weight excluding hydrogens is 476 g/mol. The second kappa shape index (κ2) is 15.5. The monoisotopic (exact) mass is 519 g/mol. The molecule has 202 valence electrons. The molecule has 0 unspecified atom stereocenters. The minimum Gasteiger partial charge on any atom is -0.390 e. The summed E-state index contributed by atoms with van der Waals surface area (Å²) in [4.78, 5) is 12.8. The van der Waals surface area contributed by atoms with Crippen LogP contribution < -0.4 is 16.4 Å². The average Bonchev–Trinajstić information content (AvgIpc) is 2.74. The van der Waals surface area contributed by atoms with Gasteiger partial charge in [0.25, 0.3) is 0 Å². The number of benzene rings is 1. The highest BCUT2D eigenvalue weighted by atomic mass is 32.2. The van der Waals surface area contributed by atoms with Crippen molar-refractivity contribution in [2.75, 3.05) is 18.8 Å². The molecule has 5 N–H and O–H groups in total. The summed E-state index contributed by atoms with van der Waals surface area (Å²) in [7, 11) is -3.60. The first-order valence-corrected chi connectivity index (χ1v) is 14.2. The van der Waals surface area contributed by atoms with Crippen LogP contribution in [0.2, 0.25) is 0 Å². The van der Waals surface area contributed by atoms with Crippen molar-refractivity contribution in [2.45, 2.75) is 89.7 Å². The van der Waals surface area contributed by atoms with Gasteiger partial charge in [-0.15, -0.1) is 0 Å². The van der Waals surface area contributed by atoms with Crippen LogP contribution in [0.5, 0.6) is 0 Å². The summed E-state index contributed by atoms with van der Waals surface area (Å²) < 4.78 is 53.1. The van der Waals surface area contributed by atoms with Crippen LogP contribution in [0.3, 0.4) is 0 Å². The summed E-state index contributed by atoms with van der Waals surface area (Å²) in [5.41, 5.74) is 6.22. The van der Waals surface area contributed by atoms with Gasteiger partial charge in [0.1, 0.15) is 11.6 Å². The Bertz CT molecular complexity index is 857. The van der Waals surface area contributed by atoms with Crippen LogP contribution in [0, 0.1) is 17.6 Å². The van der Waals surface area contributed by atoms with Crippen molar-refractivity contribution in [1.82, 2.24) is 10.6 Å². The van der Waals surface area contributed by atoms with Crippen LogP contribution in [-0.4, -0.2) is 61.7 Å². The van der Waals surface area contributed by atoms with Crippen LogP contribution in [0.4, 0.5) is 8.78 Å². The van der Waals surface area contributed by atoms with E-state index >= 15 is 0 Å². The van der Waals surface area contributed by atoms with Crippen LogP contribution >= 0.6 is 0 Å². The Hall–Kier alpha value is -1.62. The van der Waals surface area contributed by atoms with Crippen LogP contribution in [-0.2, 0) is 21.1 Å². The zero-order chi connectivity index (χ0) is 26.6. The number of nitrogens with two attached hydrogens (primary N) is 1. The second-order valence-electron chi connectivity index (χ2n) is 9.69. The molecular formula is C25H43F2N3O4S. The Morgan fingerprint density at radius 3 is 2.14 bits per heavy atom. The number of hydrogen-bond donors (Lipinski definition) is 4. The SMILES string of the molecule is CCCC(CCC)S(=O)(=O)C[C@@H](N)C(=O)N[C@@H](Cc1cc(F)cc(F)c1)[C@H](O)CNCCC(C)C. The molecule has 7 nitrogen and oxygen atoms in total. The van der Waals surface area contributed by atoms with E-state index in [9.17, 15) is 27.1 Å². The predicted octanol–water partition coefficient (Wildman–Crippen LogP) is 2.70. The minimum atomic E-state index is -3.60. The highest BCUT2D eigenvalue weighted by Gasteiger charge is 2.31. The van der Waals surface area contributed by atoms with E-state index in [1.165, 1.54) is 0 Å². The molecule has 3 atom stereocenters. The summed E-state index contributed by atoms with van der Waals surface area (Å²) in [5.74, 6) is -2.31. The molecule has 35 heavy (non-hydrogen) atoms. The first kappa shape index (κ1) is 31.4. The summed E-state index contributed by atoms with van der Waals surface area (Å²) in [6, 6.07) is 0.748. The van der Waals surface area contributed by atoms with Gasteiger partial charge in [0, 0.05) is 12.6 Å². The maximum Gasteiger partial charge on any atom is 0.238 e. The Labute approximate surface area is 209 Å². The summed E-state index contributed by atoms with van der Waals surface area (Å²) in [6.07, 6.45) is 2.15. The normalized spacial score (nSPS) is 14.8. The lowest BCUT2D eigenvalue weighted by atomic mass is 10.00. The number of carbonyl (C=O) groups is 1. The first-order valence-electron chi connectivity index (χ1n) is 12.5. The average molecular weight is 520 g/mol. The predicted molar refractivity (Wildman–Crippen MR) is 136 cm³/mol. The Kier molecular flexibility index (Phi) is 13.9. The first-order chi connectivity index (χ1) is 16.4. The second-order valence-corrected chi connectivity index (χ2v) is 12.0. The Balaban J connectivity index is 2.95. The lowest BCUT2D eigenvalue weighted by Crippen LogP contribution is -2.54. The van der Waals surface area contributed by atoms with E-state index in [-0.39, 0.29) is 18.5 Å². The quantitative estimate of drug-likeness (QED) is 0.235. The highest BCUT2D eigenvalue weighted by molar-refractivity contribution is 7.92. The molecule has 1 rings (SSSR count). The van der Waals surface area contributed by atoms with Crippen LogP contribution in [0.1, 0.15) is 65.4 Å². The van der Waals surface area contributed by atoms with Crippen LogP contribution in [0.25, 0.3) is 0 Å². The van der Waals surface area contributed by atoms with Gasteiger partial charge in [-0.2, -0.15) is 0 Å². The summed E-state index contributed by atoms with van der Waals surface area (Å²) in [6.45, 7) is 8.74. The molecule has 10 heteroatoms. The number of hydrogen-bond acceptors (Lipinski definition) is 6. The molecule has 0 aliphatic carbocycles. The third kappa shape index (κ3) is 11.8. The van der Waals surface area contributed by atoms with Gasteiger partial charge < -0.3 is 21.5 Å². The van der Waals surface area contributed by atoms with Gasteiger partial charge in [0.15, 0.2) is 9.84 Å². The zero-order valence-corrected chi connectivity index (χ0v) is 22.2. The van der Waals surface area contributed by atoms with E-state index in [2.05, 4.69) is 24.5 Å². The molecule has 1 aromatic carbocycles. The number of aliphatic hydroxyl groups is 1. The fourth-order valence-corrected chi connectivity index (χ4v) is 6.06. The fourth-order valence-electron chi connectivity index (χ4n) is 3.95. The third-order valence-corrected chi connectivity index (χ3v) is 8.21. The number of rotatable bonds is 17. The van der Waals surface area contributed by atoms with Crippen molar-refractivity contribution in [3.63, 3.8) is 0 Å². The molecule has 0 bridgehead atoms. The van der Waals surface area contributed by atoms with Crippen molar-refractivity contribution >= 4 is 15.7 Å². The van der Waals surface area contributed by atoms with Crippen molar-refractivity contribution < 1.29 is 27.1 Å². The van der Waals surface area contributed by atoms with Gasteiger partial charge in [-0.3, -0.25) is 4.79 Å². The Morgan fingerprint density at radius 2 is 1.63 bits per heavy atom. The molecule has 1 amide bonds. The molecule has 0 aromatic heterocycles. The fraction of sp³-hybridized carbons (Fsp3) is 0.720. The molecule has 0 spiro atoms. The molecule has 0 heterocycles. The van der Waals surface area contributed by atoms with E-state index in [4.69, 9.17) is 5.73 Å². The van der Waals surface area contributed by atoms with Crippen molar-refractivity contribution in [3.8, 4) is 0 Å². The van der Waals surface area contributed by atoms with Crippen molar-refractivity contribution in [2.24, 2.45) is 11.7 Å². The van der Waals surface area contributed by atoms with E-state index in [1.54, 1.807) is 0 Å². The Morgan fingerprint density at radius 1 is 1.06 bits per heavy atom. The minimum absolute atomic E-state index is 0.0544. The van der Waals surface area contributed by atoms with Gasteiger partial charge in [0.2, 0.25) is 5.91 Å². The molecule has 0 fully saturated rings. The topological polar surface area (TPSA) is 122 Å².